The molecule has 0 unspecified atom stereocenters. The van der Waals surface area contributed by atoms with Crippen molar-refractivity contribution in [1.82, 2.24) is 4.98 Å². The van der Waals surface area contributed by atoms with Crippen molar-refractivity contribution in [2.75, 3.05) is 5.32 Å². The van der Waals surface area contributed by atoms with Crippen LogP contribution in [0.15, 0.2) is 78.0 Å². The lowest BCUT2D eigenvalue weighted by molar-refractivity contribution is -0.116. The van der Waals surface area contributed by atoms with Crippen molar-refractivity contribution >= 4 is 23.4 Å². The van der Waals surface area contributed by atoms with Crippen molar-refractivity contribution in [2.24, 2.45) is 0 Å². The third-order valence-electron chi connectivity index (χ3n) is 4.34. The summed E-state index contributed by atoms with van der Waals surface area (Å²) < 4.78 is 0. The lowest BCUT2D eigenvalue weighted by Crippen LogP contribution is -2.12. The van der Waals surface area contributed by atoms with E-state index < -0.39 is 0 Å². The van der Waals surface area contributed by atoms with E-state index in [2.05, 4.69) is 47.6 Å². The second-order valence-electron chi connectivity index (χ2n) is 6.39. The molecule has 0 radical (unpaired) electrons. The Bertz CT molecular complexity index is 846. The molecule has 0 spiro atoms. The molecule has 1 N–H and O–H groups in total. The smallest absolute Gasteiger partial charge is 0.224 e. The quantitative estimate of drug-likeness (QED) is 0.527. The molecule has 0 fully saturated rings. The van der Waals surface area contributed by atoms with Crippen LogP contribution in [-0.2, 0) is 23.4 Å². The first kappa shape index (κ1) is 19.2. The number of carbonyl (C=O) groups excluding carboxylic acids is 1. The largest absolute Gasteiger partial charge is 0.326 e. The molecule has 138 valence electrons. The summed E-state index contributed by atoms with van der Waals surface area (Å²) in [6.07, 6.45) is 5.96. The molecule has 0 aliphatic rings. The molecule has 0 aliphatic heterocycles. The van der Waals surface area contributed by atoms with Crippen molar-refractivity contribution in [3.8, 4) is 0 Å². The first-order valence-electron chi connectivity index (χ1n) is 9.22. The summed E-state index contributed by atoms with van der Waals surface area (Å²) in [6.45, 7) is 2.14. The number of hydrogen-bond acceptors (Lipinski definition) is 3. The molecule has 1 aromatic heterocycles. The lowest BCUT2D eigenvalue weighted by atomic mass is 10.1. The fourth-order valence-electron chi connectivity index (χ4n) is 2.71. The van der Waals surface area contributed by atoms with Gasteiger partial charge >= 0.3 is 0 Å². The zero-order chi connectivity index (χ0) is 18.9. The highest BCUT2D eigenvalue weighted by Gasteiger charge is 2.04. The topological polar surface area (TPSA) is 42.0 Å². The number of carbonyl (C=O) groups is 1. The molecular weight excluding hydrogens is 352 g/mol. The Morgan fingerprint density at radius 2 is 1.70 bits per heavy atom. The van der Waals surface area contributed by atoms with Gasteiger partial charge in [0.05, 0.1) is 0 Å². The van der Waals surface area contributed by atoms with Gasteiger partial charge in [-0.25, -0.2) is 0 Å². The van der Waals surface area contributed by atoms with Crippen LogP contribution in [0.3, 0.4) is 0 Å². The van der Waals surface area contributed by atoms with Gasteiger partial charge in [-0.15, -0.1) is 11.8 Å². The van der Waals surface area contributed by atoms with Gasteiger partial charge in [0.1, 0.15) is 0 Å². The highest BCUT2D eigenvalue weighted by molar-refractivity contribution is 7.98. The Labute approximate surface area is 165 Å². The van der Waals surface area contributed by atoms with Gasteiger partial charge in [-0.2, -0.15) is 0 Å². The maximum atomic E-state index is 12.2. The van der Waals surface area contributed by atoms with Gasteiger partial charge in [-0.3, -0.25) is 9.78 Å². The van der Waals surface area contributed by atoms with Crippen molar-refractivity contribution in [3.63, 3.8) is 0 Å². The van der Waals surface area contributed by atoms with E-state index in [0.717, 1.165) is 24.3 Å². The lowest BCUT2D eigenvalue weighted by Gasteiger charge is -2.07. The fraction of sp³-hybridized carbons (Fsp3) is 0.217. The van der Waals surface area contributed by atoms with Crippen LogP contribution >= 0.6 is 11.8 Å². The van der Waals surface area contributed by atoms with Gasteiger partial charge in [0.2, 0.25) is 5.91 Å². The molecular formula is C23H24N2OS. The Balaban J connectivity index is 1.45. The van der Waals surface area contributed by atoms with Crippen molar-refractivity contribution in [1.29, 1.82) is 0 Å². The van der Waals surface area contributed by atoms with Crippen molar-refractivity contribution < 1.29 is 4.79 Å². The van der Waals surface area contributed by atoms with Gasteiger partial charge in [-0.05, 0) is 59.9 Å². The molecule has 27 heavy (non-hydrogen) atoms. The molecule has 3 aromatic rings. The summed E-state index contributed by atoms with van der Waals surface area (Å²) in [5, 5.41) is 2.98. The second-order valence-corrected chi connectivity index (χ2v) is 7.44. The Morgan fingerprint density at radius 1 is 0.963 bits per heavy atom. The van der Waals surface area contributed by atoms with Gasteiger partial charge in [0.15, 0.2) is 0 Å². The first-order chi connectivity index (χ1) is 13.2. The van der Waals surface area contributed by atoms with Gasteiger partial charge in [0.25, 0.3) is 0 Å². The molecule has 0 bridgehead atoms. The molecule has 1 heterocycles. The van der Waals surface area contributed by atoms with Crippen LogP contribution in [0.5, 0.6) is 0 Å². The number of nitrogens with zero attached hydrogens (tertiary/aromatic N) is 1. The molecule has 3 nitrogen and oxygen atoms in total. The zero-order valence-electron chi connectivity index (χ0n) is 15.5. The Kier molecular flexibility index (Phi) is 7.05. The van der Waals surface area contributed by atoms with Crippen LogP contribution in [0.2, 0.25) is 0 Å². The maximum absolute atomic E-state index is 12.2. The van der Waals surface area contributed by atoms with E-state index in [9.17, 15) is 4.79 Å². The Morgan fingerprint density at radius 3 is 2.37 bits per heavy atom. The zero-order valence-corrected chi connectivity index (χ0v) is 16.3. The van der Waals surface area contributed by atoms with Crippen LogP contribution < -0.4 is 5.32 Å². The summed E-state index contributed by atoms with van der Waals surface area (Å²) in [4.78, 5) is 17.5. The molecule has 3 rings (SSSR count). The molecule has 0 saturated heterocycles. The summed E-state index contributed by atoms with van der Waals surface area (Å²) in [5.74, 6) is 0.932. The number of nitrogens with one attached hydrogen (secondary N) is 1. The third kappa shape index (κ3) is 6.26. The standard InChI is InChI=1S/C23H24N2OS/c1-2-18-5-7-19(8-6-18)9-14-23(26)25-21-10-12-22(13-11-21)27-17-20-4-3-15-24-16-20/h3-8,10-13,15-16H,2,9,14,17H2,1H3,(H,25,26). The molecule has 4 heteroatoms. The second kappa shape index (κ2) is 9.93. The summed E-state index contributed by atoms with van der Waals surface area (Å²) in [5.41, 5.74) is 4.56. The Hall–Kier alpha value is -2.59. The number of aromatic nitrogens is 1. The van der Waals surface area contributed by atoms with E-state index in [4.69, 9.17) is 0 Å². The summed E-state index contributed by atoms with van der Waals surface area (Å²) >= 11 is 1.76. The van der Waals surface area contributed by atoms with Gasteiger partial charge in [0, 0.05) is 35.2 Å². The number of anilines is 1. The summed E-state index contributed by atoms with van der Waals surface area (Å²) in [6, 6.07) is 20.5. The molecule has 0 atom stereocenters. The van der Waals surface area contributed by atoms with E-state index in [0.29, 0.717) is 6.42 Å². The SMILES string of the molecule is CCc1ccc(CCC(=O)Nc2ccc(SCc3cccnc3)cc2)cc1. The minimum Gasteiger partial charge on any atom is -0.326 e. The van der Waals surface area contributed by atoms with E-state index in [1.54, 1.807) is 18.0 Å². The maximum Gasteiger partial charge on any atom is 0.224 e. The van der Waals surface area contributed by atoms with Crippen LogP contribution in [-0.4, -0.2) is 10.9 Å². The highest BCUT2D eigenvalue weighted by atomic mass is 32.2. The molecule has 0 saturated carbocycles. The van der Waals surface area contributed by atoms with Crippen LogP contribution in [0.25, 0.3) is 0 Å². The average Bonchev–Trinajstić information content (AvgIpc) is 2.73. The molecule has 2 aromatic carbocycles. The number of benzene rings is 2. The number of amides is 1. The number of pyridine rings is 1. The first-order valence-corrected chi connectivity index (χ1v) is 10.2. The van der Waals surface area contributed by atoms with E-state index in [1.165, 1.54) is 21.6 Å². The van der Waals surface area contributed by atoms with Gasteiger partial charge < -0.3 is 5.32 Å². The van der Waals surface area contributed by atoms with Crippen molar-refractivity contribution in [2.45, 2.75) is 36.8 Å². The average molecular weight is 377 g/mol. The minimum absolute atomic E-state index is 0.0466. The molecule has 1 amide bonds. The number of thioether (sulfide) groups is 1. The van der Waals surface area contributed by atoms with Crippen molar-refractivity contribution in [3.05, 3.63) is 89.7 Å². The predicted octanol–water partition coefficient (Wildman–Crippen LogP) is 5.51. The van der Waals surface area contributed by atoms with E-state index >= 15 is 0 Å². The van der Waals surface area contributed by atoms with E-state index in [-0.39, 0.29) is 5.91 Å². The highest BCUT2D eigenvalue weighted by Crippen LogP contribution is 2.24. The molecule has 0 aliphatic carbocycles. The normalized spacial score (nSPS) is 10.6. The number of hydrogen-bond donors (Lipinski definition) is 1. The van der Waals surface area contributed by atoms with Crippen LogP contribution in [0, 0.1) is 0 Å². The minimum atomic E-state index is 0.0466. The number of aryl methyl sites for hydroxylation is 2. The fourth-order valence-corrected chi connectivity index (χ4v) is 3.54. The third-order valence-corrected chi connectivity index (χ3v) is 5.42. The number of rotatable bonds is 8. The van der Waals surface area contributed by atoms with Crippen LogP contribution in [0.1, 0.15) is 30.0 Å². The van der Waals surface area contributed by atoms with Crippen LogP contribution in [0.4, 0.5) is 5.69 Å². The predicted molar refractivity (Wildman–Crippen MR) is 113 cm³/mol. The monoisotopic (exact) mass is 376 g/mol. The van der Waals surface area contributed by atoms with E-state index in [1.807, 2.05) is 36.5 Å². The summed E-state index contributed by atoms with van der Waals surface area (Å²) in [7, 11) is 0. The van der Waals surface area contributed by atoms with Gasteiger partial charge in [-0.1, -0.05) is 37.3 Å².